The van der Waals surface area contributed by atoms with E-state index in [0.717, 1.165) is 33.3 Å². The smallest absolute Gasteiger partial charge is 0.161 e. The number of pyridine rings is 2. The number of aromatic amines is 1. The highest BCUT2D eigenvalue weighted by molar-refractivity contribution is 5.97. The summed E-state index contributed by atoms with van der Waals surface area (Å²) in [6.45, 7) is 0. The van der Waals surface area contributed by atoms with Gasteiger partial charge in [-0.05, 0) is 42.0 Å². The molecular formula is C27H20N4O2. The van der Waals surface area contributed by atoms with Crippen molar-refractivity contribution in [3.8, 4) is 51.3 Å². The van der Waals surface area contributed by atoms with Crippen LogP contribution in [0.4, 0.5) is 0 Å². The standard InChI is InChI=1S/C27H20N4O2/c1-32-25-11-10-17(13-26(25)33-2)19-14-24(23-9-5-6-12-29-23)31-27(20(19)15-28)21-16-30-22-8-4-3-7-18(21)22/h3-14,16,30H,1-2H3. The lowest BCUT2D eigenvalue weighted by molar-refractivity contribution is 0.355. The number of nitrogens with zero attached hydrogens (tertiary/aromatic N) is 3. The Kier molecular flexibility index (Phi) is 5.21. The van der Waals surface area contributed by atoms with Gasteiger partial charge in [-0.1, -0.05) is 30.3 Å². The maximum atomic E-state index is 10.2. The first-order valence-electron chi connectivity index (χ1n) is 10.4. The summed E-state index contributed by atoms with van der Waals surface area (Å²) in [4.78, 5) is 12.7. The SMILES string of the molecule is COc1ccc(-c2cc(-c3ccccn3)nc(-c3c[nH]c4ccccc34)c2C#N)cc1OC. The molecule has 0 unspecified atom stereocenters. The van der Waals surface area contributed by atoms with Crippen molar-refractivity contribution in [2.75, 3.05) is 14.2 Å². The van der Waals surface area contributed by atoms with Gasteiger partial charge >= 0.3 is 0 Å². The normalized spacial score (nSPS) is 10.7. The second-order valence-electron chi connectivity index (χ2n) is 7.42. The summed E-state index contributed by atoms with van der Waals surface area (Å²) in [6.07, 6.45) is 3.63. The van der Waals surface area contributed by atoms with Gasteiger partial charge in [0.25, 0.3) is 0 Å². The molecule has 6 nitrogen and oxygen atoms in total. The lowest BCUT2D eigenvalue weighted by Crippen LogP contribution is -1.98. The molecule has 0 spiro atoms. The predicted octanol–water partition coefficient (Wildman–Crippen LogP) is 5.85. The van der Waals surface area contributed by atoms with Crippen molar-refractivity contribution >= 4 is 10.9 Å². The number of rotatable bonds is 5. The molecule has 5 rings (SSSR count). The molecule has 33 heavy (non-hydrogen) atoms. The lowest BCUT2D eigenvalue weighted by atomic mass is 9.94. The molecule has 3 aromatic heterocycles. The van der Waals surface area contributed by atoms with Crippen LogP contribution in [-0.4, -0.2) is 29.2 Å². The van der Waals surface area contributed by atoms with Crippen LogP contribution in [0.3, 0.4) is 0 Å². The highest BCUT2D eigenvalue weighted by Gasteiger charge is 2.20. The quantitative estimate of drug-likeness (QED) is 0.377. The van der Waals surface area contributed by atoms with Crippen LogP contribution in [0.25, 0.3) is 44.7 Å². The number of hydrogen-bond donors (Lipinski definition) is 1. The first-order valence-corrected chi connectivity index (χ1v) is 10.4. The fourth-order valence-corrected chi connectivity index (χ4v) is 4.00. The van der Waals surface area contributed by atoms with Crippen molar-refractivity contribution in [1.82, 2.24) is 15.0 Å². The first-order chi connectivity index (χ1) is 16.2. The van der Waals surface area contributed by atoms with E-state index in [2.05, 4.69) is 16.0 Å². The molecule has 0 aliphatic heterocycles. The fourth-order valence-electron chi connectivity index (χ4n) is 4.00. The van der Waals surface area contributed by atoms with E-state index in [1.54, 1.807) is 20.4 Å². The van der Waals surface area contributed by atoms with Gasteiger partial charge in [-0.25, -0.2) is 4.98 Å². The van der Waals surface area contributed by atoms with E-state index in [1.807, 2.05) is 72.9 Å². The lowest BCUT2D eigenvalue weighted by Gasteiger charge is -2.14. The molecule has 0 saturated heterocycles. The highest BCUT2D eigenvalue weighted by atomic mass is 16.5. The third kappa shape index (κ3) is 3.56. The van der Waals surface area contributed by atoms with E-state index in [4.69, 9.17) is 14.5 Å². The number of benzene rings is 2. The molecule has 5 aromatic rings. The second kappa shape index (κ2) is 8.48. The molecule has 0 fully saturated rings. The average molecular weight is 432 g/mol. The first kappa shape index (κ1) is 20.3. The maximum Gasteiger partial charge on any atom is 0.161 e. The zero-order valence-corrected chi connectivity index (χ0v) is 18.2. The number of nitriles is 1. The van der Waals surface area contributed by atoms with Gasteiger partial charge in [-0.3, -0.25) is 4.98 Å². The zero-order chi connectivity index (χ0) is 22.8. The molecule has 3 heterocycles. The largest absolute Gasteiger partial charge is 0.493 e. The molecule has 0 aliphatic carbocycles. The van der Waals surface area contributed by atoms with E-state index in [9.17, 15) is 5.26 Å². The summed E-state index contributed by atoms with van der Waals surface area (Å²) >= 11 is 0. The molecule has 0 saturated carbocycles. The Bertz CT molecular complexity index is 1500. The minimum atomic E-state index is 0.478. The Morgan fingerprint density at radius 2 is 1.67 bits per heavy atom. The molecule has 0 atom stereocenters. The van der Waals surface area contributed by atoms with Crippen molar-refractivity contribution in [2.24, 2.45) is 0 Å². The Hall–Kier alpha value is -4.63. The summed E-state index contributed by atoms with van der Waals surface area (Å²) in [5.74, 6) is 1.21. The molecule has 0 amide bonds. The Morgan fingerprint density at radius 1 is 0.848 bits per heavy atom. The van der Waals surface area contributed by atoms with Crippen LogP contribution in [0.5, 0.6) is 11.5 Å². The number of methoxy groups -OCH3 is 2. The molecule has 160 valence electrons. The third-order valence-corrected chi connectivity index (χ3v) is 5.60. The van der Waals surface area contributed by atoms with E-state index in [1.165, 1.54) is 0 Å². The van der Waals surface area contributed by atoms with Crippen molar-refractivity contribution in [2.45, 2.75) is 0 Å². The maximum absolute atomic E-state index is 10.2. The number of H-pyrrole nitrogens is 1. The summed E-state index contributed by atoms with van der Waals surface area (Å²) in [5, 5.41) is 11.2. The van der Waals surface area contributed by atoms with Crippen molar-refractivity contribution in [3.05, 3.63) is 84.7 Å². The number of fused-ring (bicyclic) bond motifs is 1. The van der Waals surface area contributed by atoms with Crippen LogP contribution in [0, 0.1) is 11.3 Å². The molecule has 0 bridgehead atoms. The van der Waals surface area contributed by atoms with Gasteiger partial charge in [-0.2, -0.15) is 5.26 Å². The van der Waals surface area contributed by atoms with Gasteiger partial charge in [0.05, 0.1) is 36.9 Å². The van der Waals surface area contributed by atoms with Crippen LogP contribution < -0.4 is 9.47 Å². The van der Waals surface area contributed by atoms with Gasteiger partial charge in [0.1, 0.15) is 6.07 Å². The van der Waals surface area contributed by atoms with Crippen LogP contribution in [0.2, 0.25) is 0 Å². The van der Waals surface area contributed by atoms with Gasteiger partial charge < -0.3 is 14.5 Å². The van der Waals surface area contributed by atoms with Gasteiger partial charge in [0.15, 0.2) is 11.5 Å². The van der Waals surface area contributed by atoms with E-state index >= 15 is 0 Å². The van der Waals surface area contributed by atoms with E-state index in [0.29, 0.717) is 28.5 Å². The number of para-hydroxylation sites is 1. The Morgan fingerprint density at radius 3 is 2.42 bits per heavy atom. The van der Waals surface area contributed by atoms with Crippen LogP contribution in [0.1, 0.15) is 5.56 Å². The number of ether oxygens (including phenoxy) is 2. The predicted molar refractivity (Wildman–Crippen MR) is 128 cm³/mol. The fraction of sp³-hybridized carbons (Fsp3) is 0.0741. The van der Waals surface area contributed by atoms with Gasteiger partial charge in [0.2, 0.25) is 0 Å². The number of hydrogen-bond acceptors (Lipinski definition) is 5. The van der Waals surface area contributed by atoms with Gasteiger partial charge in [0, 0.05) is 34.4 Å². The Balaban J connectivity index is 1.82. The number of aromatic nitrogens is 3. The van der Waals surface area contributed by atoms with E-state index in [-0.39, 0.29) is 0 Å². The van der Waals surface area contributed by atoms with Crippen LogP contribution in [0.15, 0.2) is 79.1 Å². The van der Waals surface area contributed by atoms with E-state index < -0.39 is 0 Å². The van der Waals surface area contributed by atoms with Crippen molar-refractivity contribution in [3.63, 3.8) is 0 Å². The van der Waals surface area contributed by atoms with Crippen molar-refractivity contribution < 1.29 is 9.47 Å². The minimum Gasteiger partial charge on any atom is -0.493 e. The summed E-state index contributed by atoms with van der Waals surface area (Å²) in [5.41, 5.74) is 5.90. The molecule has 0 aliphatic rings. The second-order valence-corrected chi connectivity index (χ2v) is 7.42. The monoisotopic (exact) mass is 432 g/mol. The Labute approximate surface area is 191 Å². The number of nitrogens with one attached hydrogen (secondary N) is 1. The molecular weight excluding hydrogens is 412 g/mol. The average Bonchev–Trinajstić information content (AvgIpc) is 3.32. The van der Waals surface area contributed by atoms with Crippen molar-refractivity contribution in [1.29, 1.82) is 5.26 Å². The van der Waals surface area contributed by atoms with Crippen LogP contribution >= 0.6 is 0 Å². The highest BCUT2D eigenvalue weighted by Crippen LogP contribution is 2.39. The summed E-state index contributed by atoms with van der Waals surface area (Å²) < 4.78 is 10.9. The van der Waals surface area contributed by atoms with Gasteiger partial charge in [-0.15, -0.1) is 0 Å². The summed E-state index contributed by atoms with van der Waals surface area (Å²) in [7, 11) is 3.19. The molecule has 1 N–H and O–H groups in total. The minimum absolute atomic E-state index is 0.478. The summed E-state index contributed by atoms with van der Waals surface area (Å²) in [6, 6.07) is 23.6. The molecule has 2 aromatic carbocycles. The zero-order valence-electron chi connectivity index (χ0n) is 18.2. The topological polar surface area (TPSA) is 83.8 Å². The third-order valence-electron chi connectivity index (χ3n) is 5.60. The van der Waals surface area contributed by atoms with Crippen LogP contribution in [-0.2, 0) is 0 Å². The molecule has 6 heteroatoms. The molecule has 0 radical (unpaired) electrons.